The first-order chi connectivity index (χ1) is 11.5. The van der Waals surface area contributed by atoms with Gasteiger partial charge in [0.1, 0.15) is 0 Å². The molecule has 0 aromatic heterocycles. The lowest BCUT2D eigenvalue weighted by Crippen LogP contribution is -2.45. The van der Waals surface area contributed by atoms with Crippen molar-refractivity contribution in [2.45, 2.75) is 12.2 Å². The molecular weight excluding hydrogens is 448 g/mol. The van der Waals surface area contributed by atoms with Crippen molar-refractivity contribution in [1.82, 2.24) is 15.5 Å². The van der Waals surface area contributed by atoms with Gasteiger partial charge in [0, 0.05) is 33.7 Å². The lowest BCUT2D eigenvalue weighted by atomic mass is 10.0. The first-order valence-corrected chi connectivity index (χ1v) is 7.83. The normalized spacial score (nSPS) is 17.6. The Kier molecular flexibility index (Phi) is 8.94. The summed E-state index contributed by atoms with van der Waals surface area (Å²) in [6.07, 6.45) is -4.32. The molecule has 1 aromatic carbocycles. The predicted octanol–water partition coefficient (Wildman–Crippen LogP) is 2.49. The molecule has 0 radical (unpaired) electrons. The molecule has 25 heavy (non-hydrogen) atoms. The van der Waals surface area contributed by atoms with Crippen molar-refractivity contribution < 1.29 is 17.9 Å². The highest BCUT2D eigenvalue weighted by Gasteiger charge is 2.31. The first-order valence-electron chi connectivity index (χ1n) is 7.83. The zero-order valence-electron chi connectivity index (χ0n) is 14.3. The number of aliphatic imine (C=N–C) groups is 1. The van der Waals surface area contributed by atoms with Crippen LogP contribution in [0.4, 0.5) is 13.2 Å². The van der Waals surface area contributed by atoms with Gasteiger partial charge in [-0.3, -0.25) is 9.89 Å². The standard InChI is InChI=1S/C16H23F3N4O.HI/c1-20-15(21-2)22-11-14(23-7-9-24-10-8-23)12-3-5-13(6-4-12)16(17,18)19;/h3-6,14H,7-11H2,1-2H3,(H2,20,21,22);1H. The number of alkyl halides is 3. The van der Waals surface area contributed by atoms with Crippen LogP contribution in [0, 0.1) is 0 Å². The Hall–Kier alpha value is -1.07. The van der Waals surface area contributed by atoms with Crippen LogP contribution in [0.3, 0.4) is 0 Å². The average molecular weight is 472 g/mol. The first kappa shape index (κ1) is 22.0. The number of nitrogens with one attached hydrogen (secondary N) is 2. The smallest absolute Gasteiger partial charge is 0.379 e. The van der Waals surface area contributed by atoms with Gasteiger partial charge in [-0.25, -0.2) is 0 Å². The van der Waals surface area contributed by atoms with E-state index in [0.29, 0.717) is 25.7 Å². The maximum atomic E-state index is 12.8. The number of hydrogen-bond donors (Lipinski definition) is 2. The van der Waals surface area contributed by atoms with E-state index in [1.165, 1.54) is 0 Å². The molecule has 1 aliphatic rings. The van der Waals surface area contributed by atoms with Crippen LogP contribution in [0.15, 0.2) is 29.3 Å². The summed E-state index contributed by atoms with van der Waals surface area (Å²) in [4.78, 5) is 6.28. The van der Waals surface area contributed by atoms with E-state index in [1.54, 1.807) is 26.2 Å². The second kappa shape index (κ2) is 10.2. The molecule has 1 aromatic rings. The molecule has 0 spiro atoms. The second-order valence-corrected chi connectivity index (χ2v) is 5.49. The van der Waals surface area contributed by atoms with Gasteiger partial charge in [0.25, 0.3) is 0 Å². The van der Waals surface area contributed by atoms with Crippen molar-refractivity contribution in [3.63, 3.8) is 0 Å². The lowest BCUT2D eigenvalue weighted by Gasteiger charge is -2.35. The molecule has 1 heterocycles. The molecule has 1 saturated heterocycles. The highest BCUT2D eigenvalue weighted by Crippen LogP contribution is 2.31. The van der Waals surface area contributed by atoms with Crippen molar-refractivity contribution in [2.24, 2.45) is 4.99 Å². The van der Waals surface area contributed by atoms with E-state index in [1.807, 2.05) is 0 Å². The van der Waals surface area contributed by atoms with E-state index in [-0.39, 0.29) is 30.0 Å². The van der Waals surface area contributed by atoms with Crippen LogP contribution < -0.4 is 10.6 Å². The second-order valence-electron chi connectivity index (χ2n) is 5.49. The number of morpholine rings is 1. The maximum Gasteiger partial charge on any atom is 0.416 e. The van der Waals surface area contributed by atoms with Crippen LogP contribution in [0.25, 0.3) is 0 Å². The van der Waals surface area contributed by atoms with Crippen molar-refractivity contribution >= 4 is 29.9 Å². The molecule has 0 aliphatic carbocycles. The fourth-order valence-corrected chi connectivity index (χ4v) is 2.71. The molecule has 5 nitrogen and oxygen atoms in total. The minimum atomic E-state index is -4.32. The van der Waals surface area contributed by atoms with Crippen LogP contribution in [0.2, 0.25) is 0 Å². The molecule has 0 amide bonds. The third-order valence-electron chi connectivity index (χ3n) is 4.03. The number of nitrogens with zero attached hydrogens (tertiary/aromatic N) is 2. The number of benzene rings is 1. The quantitative estimate of drug-likeness (QED) is 0.402. The fourth-order valence-electron chi connectivity index (χ4n) is 2.71. The van der Waals surface area contributed by atoms with Gasteiger partial charge in [-0.1, -0.05) is 12.1 Å². The van der Waals surface area contributed by atoms with E-state index >= 15 is 0 Å². The number of ether oxygens (including phenoxy) is 1. The Balaban J connectivity index is 0.00000312. The highest BCUT2D eigenvalue weighted by molar-refractivity contribution is 14.0. The van der Waals surface area contributed by atoms with Gasteiger partial charge < -0.3 is 15.4 Å². The van der Waals surface area contributed by atoms with Crippen molar-refractivity contribution in [3.8, 4) is 0 Å². The van der Waals surface area contributed by atoms with Crippen LogP contribution in [-0.4, -0.2) is 57.8 Å². The largest absolute Gasteiger partial charge is 0.416 e. The third-order valence-corrected chi connectivity index (χ3v) is 4.03. The summed E-state index contributed by atoms with van der Waals surface area (Å²) in [7, 11) is 3.43. The third kappa shape index (κ3) is 6.30. The molecule has 0 bridgehead atoms. The zero-order chi connectivity index (χ0) is 17.6. The molecular formula is C16H24F3IN4O. The molecule has 1 atom stereocenters. The Morgan fingerprint density at radius 1 is 1.24 bits per heavy atom. The van der Waals surface area contributed by atoms with E-state index in [9.17, 15) is 13.2 Å². The predicted molar refractivity (Wildman–Crippen MR) is 102 cm³/mol. The summed E-state index contributed by atoms with van der Waals surface area (Å²) in [5.41, 5.74) is 0.204. The van der Waals surface area contributed by atoms with Crippen LogP contribution in [0.5, 0.6) is 0 Å². The van der Waals surface area contributed by atoms with Crippen LogP contribution >= 0.6 is 24.0 Å². The van der Waals surface area contributed by atoms with Gasteiger partial charge in [0.05, 0.1) is 24.8 Å². The molecule has 1 unspecified atom stereocenters. The number of halogens is 4. The summed E-state index contributed by atoms with van der Waals surface area (Å²) in [5.74, 6) is 0.639. The summed E-state index contributed by atoms with van der Waals surface area (Å²) in [5, 5.41) is 6.13. The van der Waals surface area contributed by atoms with Gasteiger partial charge in [-0.2, -0.15) is 13.2 Å². The monoisotopic (exact) mass is 472 g/mol. The van der Waals surface area contributed by atoms with Gasteiger partial charge in [0.2, 0.25) is 0 Å². The molecule has 9 heteroatoms. The van der Waals surface area contributed by atoms with Crippen LogP contribution in [0.1, 0.15) is 17.2 Å². The van der Waals surface area contributed by atoms with E-state index in [2.05, 4.69) is 20.5 Å². The molecule has 1 aliphatic heterocycles. The fraction of sp³-hybridized carbons (Fsp3) is 0.562. The van der Waals surface area contributed by atoms with Gasteiger partial charge in [0.15, 0.2) is 5.96 Å². The van der Waals surface area contributed by atoms with E-state index in [4.69, 9.17) is 4.74 Å². The molecule has 2 N–H and O–H groups in total. The topological polar surface area (TPSA) is 48.9 Å². The molecule has 142 valence electrons. The lowest BCUT2D eigenvalue weighted by molar-refractivity contribution is -0.137. The number of hydrogen-bond acceptors (Lipinski definition) is 3. The van der Waals surface area contributed by atoms with E-state index < -0.39 is 11.7 Å². The summed E-state index contributed by atoms with van der Waals surface area (Å²) in [6, 6.07) is 5.31. The molecule has 2 rings (SSSR count). The van der Waals surface area contributed by atoms with Crippen molar-refractivity contribution in [3.05, 3.63) is 35.4 Å². The number of guanidine groups is 1. The number of rotatable bonds is 4. The molecule has 0 saturated carbocycles. The van der Waals surface area contributed by atoms with E-state index in [0.717, 1.165) is 30.8 Å². The van der Waals surface area contributed by atoms with Gasteiger partial charge in [-0.05, 0) is 17.7 Å². The van der Waals surface area contributed by atoms with Gasteiger partial charge in [-0.15, -0.1) is 24.0 Å². The summed E-state index contributed by atoms with van der Waals surface area (Å²) in [6.45, 7) is 3.27. The minimum absolute atomic E-state index is 0. The Labute approximate surface area is 163 Å². The average Bonchev–Trinajstić information content (AvgIpc) is 2.59. The molecule has 1 fully saturated rings. The van der Waals surface area contributed by atoms with Crippen LogP contribution in [-0.2, 0) is 10.9 Å². The Bertz CT molecular complexity index is 545. The summed E-state index contributed by atoms with van der Waals surface area (Å²) < 4.78 is 43.6. The van der Waals surface area contributed by atoms with Crippen molar-refractivity contribution in [1.29, 1.82) is 0 Å². The maximum absolute atomic E-state index is 12.8. The SMILES string of the molecule is CN=C(NC)NCC(c1ccc(C(F)(F)F)cc1)N1CCOCC1.I. The summed E-state index contributed by atoms with van der Waals surface area (Å²) >= 11 is 0. The zero-order valence-corrected chi connectivity index (χ0v) is 16.6. The Morgan fingerprint density at radius 3 is 2.32 bits per heavy atom. The minimum Gasteiger partial charge on any atom is -0.379 e. The van der Waals surface area contributed by atoms with Crippen molar-refractivity contribution in [2.75, 3.05) is 46.9 Å². The van der Waals surface area contributed by atoms with Gasteiger partial charge >= 0.3 is 6.18 Å². The highest BCUT2D eigenvalue weighted by atomic mass is 127. The Morgan fingerprint density at radius 2 is 1.84 bits per heavy atom.